The molecule has 0 aromatic heterocycles. The fourth-order valence-electron chi connectivity index (χ4n) is 4.42. The minimum Gasteiger partial charge on any atom is -1.00 e. The van der Waals surface area contributed by atoms with Crippen LogP contribution in [0.15, 0.2) is 0 Å². The third kappa shape index (κ3) is 23.4. The molecule has 0 aliphatic heterocycles. The van der Waals surface area contributed by atoms with Gasteiger partial charge in [0.25, 0.3) is 0 Å². The lowest BCUT2D eigenvalue weighted by atomic mass is 9.82. The highest BCUT2D eigenvalue weighted by molar-refractivity contribution is 4.78. The maximum absolute atomic E-state index is 6.28. The Bertz CT molecular complexity index is 313. The van der Waals surface area contributed by atoms with Crippen molar-refractivity contribution in [2.75, 3.05) is 67.7 Å². The molecule has 0 fully saturated rings. The van der Waals surface area contributed by atoms with E-state index in [2.05, 4.69) is 42.0 Å². The Morgan fingerprint density at radius 1 is 0.548 bits per heavy atom. The minimum absolute atomic E-state index is 0. The van der Waals surface area contributed by atoms with Crippen molar-refractivity contribution in [1.82, 2.24) is 0 Å². The monoisotopic (exact) mass is 486 g/mol. The van der Waals surface area contributed by atoms with Gasteiger partial charge in [-0.15, -0.1) is 0 Å². The number of quaternary nitrogens is 2. The molecule has 0 bridgehead atoms. The molecule has 31 heavy (non-hydrogen) atoms. The number of halogens is 2. The van der Waals surface area contributed by atoms with Crippen molar-refractivity contribution in [2.24, 2.45) is 5.41 Å². The molecule has 0 aliphatic rings. The highest BCUT2D eigenvalue weighted by Crippen LogP contribution is 2.23. The summed E-state index contributed by atoms with van der Waals surface area (Å²) in [6.45, 7) is 10.6. The first-order valence-electron chi connectivity index (χ1n) is 12.7. The second kappa shape index (κ2) is 25.1. The molecule has 0 aromatic rings. The van der Waals surface area contributed by atoms with E-state index in [0.717, 1.165) is 26.4 Å². The van der Waals surface area contributed by atoms with E-state index in [1.807, 2.05) is 0 Å². The van der Waals surface area contributed by atoms with Crippen molar-refractivity contribution < 1.29 is 44.1 Å². The van der Waals surface area contributed by atoms with Crippen LogP contribution in [0, 0.1) is 5.41 Å². The summed E-state index contributed by atoms with van der Waals surface area (Å²) in [5, 5.41) is 0. The molecule has 0 aromatic carbocycles. The topological polar surface area (TPSA) is 27.3 Å². The molecular formula is C25H56Cl2N2O2. The third-order valence-corrected chi connectivity index (χ3v) is 5.65. The summed E-state index contributed by atoms with van der Waals surface area (Å²) in [5.74, 6) is 0. The van der Waals surface area contributed by atoms with Crippen LogP contribution in [-0.4, -0.2) is 67.7 Å². The van der Waals surface area contributed by atoms with Crippen molar-refractivity contribution in [1.29, 1.82) is 0 Å². The summed E-state index contributed by atoms with van der Waals surface area (Å²) in [6, 6.07) is 0. The lowest BCUT2D eigenvalue weighted by molar-refractivity contribution is -0.893. The van der Waals surface area contributed by atoms with Gasteiger partial charge in [0, 0.05) is 19.8 Å². The maximum Gasteiger partial charge on any atom is 0.0914 e. The standard InChI is InChI=1S/C25H54N2O2.2ClH/c1-7-9-11-12-13-16-21-29-24-25(22-26(3)4,23-27(5)6)18-15-14-17-20-28-19-10-8-2;;/h7-24H2,1-6H3;2*1H. The molecule has 0 saturated carbocycles. The molecule has 0 rings (SSSR count). The van der Waals surface area contributed by atoms with Crippen LogP contribution in [0.1, 0.15) is 90.9 Å². The molecule has 0 atom stereocenters. The predicted octanol–water partition coefficient (Wildman–Crippen LogP) is -2.98. The second-order valence-electron chi connectivity index (χ2n) is 9.86. The average molecular weight is 488 g/mol. The van der Waals surface area contributed by atoms with Crippen molar-refractivity contribution in [3.8, 4) is 0 Å². The van der Waals surface area contributed by atoms with Gasteiger partial charge < -0.3 is 44.1 Å². The zero-order chi connectivity index (χ0) is 21.8. The summed E-state index contributed by atoms with van der Waals surface area (Å²) in [6.07, 6.45) is 15.4. The molecule has 0 radical (unpaired) electrons. The van der Waals surface area contributed by atoms with Crippen LogP contribution in [-0.2, 0) is 9.47 Å². The summed E-state index contributed by atoms with van der Waals surface area (Å²) >= 11 is 0. The van der Waals surface area contributed by atoms with Crippen LogP contribution in [0.4, 0.5) is 0 Å². The largest absolute Gasteiger partial charge is 1.00 e. The van der Waals surface area contributed by atoms with Gasteiger partial charge in [0.2, 0.25) is 0 Å². The Balaban J connectivity index is -0.00000392. The summed E-state index contributed by atoms with van der Waals surface area (Å²) in [5.41, 5.74) is 0.295. The van der Waals surface area contributed by atoms with E-state index in [1.54, 1.807) is 0 Å². The molecule has 0 amide bonds. The lowest BCUT2D eigenvalue weighted by Crippen LogP contribution is -3.12. The van der Waals surface area contributed by atoms with Gasteiger partial charge in [-0.3, -0.25) is 0 Å². The number of hydrogen-bond acceptors (Lipinski definition) is 2. The van der Waals surface area contributed by atoms with E-state index >= 15 is 0 Å². The van der Waals surface area contributed by atoms with Gasteiger partial charge in [-0.05, 0) is 25.7 Å². The zero-order valence-corrected chi connectivity index (χ0v) is 23.3. The van der Waals surface area contributed by atoms with E-state index in [-0.39, 0.29) is 24.8 Å². The molecule has 0 unspecified atom stereocenters. The molecule has 4 nitrogen and oxygen atoms in total. The van der Waals surface area contributed by atoms with E-state index in [1.165, 1.54) is 99.9 Å². The van der Waals surface area contributed by atoms with Crippen LogP contribution in [0.25, 0.3) is 0 Å². The fraction of sp³-hybridized carbons (Fsp3) is 1.00. The van der Waals surface area contributed by atoms with Gasteiger partial charge in [0.15, 0.2) is 0 Å². The molecule has 0 aliphatic carbocycles. The zero-order valence-electron chi connectivity index (χ0n) is 21.8. The first kappa shape index (κ1) is 36.0. The van der Waals surface area contributed by atoms with Crippen molar-refractivity contribution in [3.63, 3.8) is 0 Å². The fourth-order valence-corrected chi connectivity index (χ4v) is 4.42. The van der Waals surface area contributed by atoms with E-state index in [0.29, 0.717) is 5.41 Å². The second-order valence-corrected chi connectivity index (χ2v) is 9.86. The van der Waals surface area contributed by atoms with Gasteiger partial charge in [-0.1, -0.05) is 65.2 Å². The third-order valence-electron chi connectivity index (χ3n) is 5.65. The Kier molecular flexibility index (Phi) is 29.1. The van der Waals surface area contributed by atoms with Crippen LogP contribution in [0.3, 0.4) is 0 Å². The first-order chi connectivity index (χ1) is 14.0. The smallest absolute Gasteiger partial charge is 0.0914 e. The Morgan fingerprint density at radius 2 is 1.00 bits per heavy atom. The minimum atomic E-state index is 0. The van der Waals surface area contributed by atoms with Crippen LogP contribution in [0.2, 0.25) is 0 Å². The van der Waals surface area contributed by atoms with Crippen LogP contribution >= 0.6 is 0 Å². The molecule has 2 N–H and O–H groups in total. The van der Waals surface area contributed by atoms with Gasteiger partial charge in [0.1, 0.15) is 0 Å². The number of ether oxygens (including phenoxy) is 2. The number of hydrogen-bond donors (Lipinski definition) is 2. The first-order valence-corrected chi connectivity index (χ1v) is 12.7. The molecule has 6 heteroatoms. The van der Waals surface area contributed by atoms with Gasteiger partial charge in [0.05, 0.1) is 53.3 Å². The molecule has 0 spiro atoms. The average Bonchev–Trinajstić information content (AvgIpc) is 2.65. The van der Waals surface area contributed by atoms with Crippen LogP contribution < -0.4 is 34.6 Å². The Hall–Kier alpha value is 0.420. The summed E-state index contributed by atoms with van der Waals surface area (Å²) in [4.78, 5) is 3.08. The Morgan fingerprint density at radius 3 is 1.55 bits per heavy atom. The maximum atomic E-state index is 6.28. The number of unbranched alkanes of at least 4 members (excludes halogenated alkanes) is 8. The van der Waals surface area contributed by atoms with Gasteiger partial charge in [-0.25, -0.2) is 0 Å². The van der Waals surface area contributed by atoms with E-state index < -0.39 is 0 Å². The summed E-state index contributed by atoms with van der Waals surface area (Å²) in [7, 11) is 9.15. The Labute approximate surface area is 208 Å². The molecule has 0 saturated heterocycles. The quantitative estimate of drug-likeness (QED) is 0.160. The van der Waals surface area contributed by atoms with Gasteiger partial charge in [-0.2, -0.15) is 0 Å². The highest BCUT2D eigenvalue weighted by Gasteiger charge is 2.36. The highest BCUT2D eigenvalue weighted by atomic mass is 35.5. The normalized spacial score (nSPS) is 11.6. The SMILES string of the molecule is CCCCCCCCOCC(CCCCCOCCCC)(C[NH+](C)C)C[NH+](C)C.[Cl-].[Cl-]. The predicted molar refractivity (Wildman–Crippen MR) is 126 cm³/mol. The number of rotatable bonds is 22. The lowest BCUT2D eigenvalue weighted by Gasteiger charge is -2.34. The van der Waals surface area contributed by atoms with E-state index in [4.69, 9.17) is 9.47 Å². The molecule has 192 valence electrons. The van der Waals surface area contributed by atoms with E-state index in [9.17, 15) is 0 Å². The van der Waals surface area contributed by atoms with Crippen molar-refractivity contribution in [2.45, 2.75) is 90.9 Å². The molecular weight excluding hydrogens is 431 g/mol. The molecule has 0 heterocycles. The summed E-state index contributed by atoms with van der Waals surface area (Å²) < 4.78 is 12.0. The number of nitrogens with one attached hydrogen (secondary N) is 2. The van der Waals surface area contributed by atoms with Crippen LogP contribution in [0.5, 0.6) is 0 Å². The van der Waals surface area contributed by atoms with Gasteiger partial charge >= 0.3 is 0 Å². The van der Waals surface area contributed by atoms with Crippen molar-refractivity contribution in [3.05, 3.63) is 0 Å². The van der Waals surface area contributed by atoms with Crippen molar-refractivity contribution >= 4 is 0 Å².